The Kier molecular flexibility index (Phi) is 3.94. The van der Waals surface area contributed by atoms with Crippen molar-refractivity contribution >= 4 is 22.6 Å². The van der Waals surface area contributed by atoms with E-state index in [1.54, 1.807) is 0 Å². The maximum Gasteiger partial charge on any atom is 0.341 e. The number of hydrogen-bond donors (Lipinski definition) is 2. The minimum Gasteiger partial charge on any atom is -0.477 e. The zero-order chi connectivity index (χ0) is 21.3. The zero-order valence-electron chi connectivity index (χ0n) is 15.5. The minimum absolute atomic E-state index is 0.106. The average Bonchev–Trinajstić information content (AvgIpc) is 3.10. The van der Waals surface area contributed by atoms with Gasteiger partial charge < -0.3 is 20.3 Å². The Morgan fingerprint density at radius 3 is 2.33 bits per heavy atom. The molecule has 1 saturated heterocycles. The standard InChI is InChI=1S/C21H16F3N3O3/c22-9-1-2-16(14(23)3-9)27-8-13(21(29)30)20(28)10-4-15(24)18(5-17(10)27)26-6-11-12(7-26)19(11)25/h1-5,8,11-12,19H,6-7,25H2,(H,29,30). The van der Waals surface area contributed by atoms with Gasteiger partial charge in [-0.05, 0) is 36.1 Å². The third-order valence-electron chi connectivity index (χ3n) is 6.07. The highest BCUT2D eigenvalue weighted by Crippen LogP contribution is 2.46. The van der Waals surface area contributed by atoms with E-state index in [0.29, 0.717) is 19.2 Å². The van der Waals surface area contributed by atoms with Crippen molar-refractivity contribution in [1.29, 1.82) is 0 Å². The second-order valence-electron chi connectivity index (χ2n) is 7.77. The summed E-state index contributed by atoms with van der Waals surface area (Å²) in [6.07, 6.45) is 0.975. The van der Waals surface area contributed by atoms with E-state index in [1.165, 1.54) is 6.07 Å². The van der Waals surface area contributed by atoms with Crippen LogP contribution in [0.1, 0.15) is 10.4 Å². The topological polar surface area (TPSA) is 88.6 Å². The summed E-state index contributed by atoms with van der Waals surface area (Å²) in [4.78, 5) is 26.0. The van der Waals surface area contributed by atoms with Crippen LogP contribution in [0.25, 0.3) is 16.6 Å². The molecule has 5 rings (SSSR count). The Balaban J connectivity index is 1.76. The van der Waals surface area contributed by atoms with Crippen molar-refractivity contribution in [3.63, 3.8) is 0 Å². The van der Waals surface area contributed by atoms with Gasteiger partial charge in [0.15, 0.2) is 0 Å². The number of anilines is 1. The number of aromatic carboxylic acids is 1. The van der Waals surface area contributed by atoms with E-state index in [9.17, 15) is 27.9 Å². The minimum atomic E-state index is -1.53. The summed E-state index contributed by atoms with van der Waals surface area (Å²) >= 11 is 0. The summed E-state index contributed by atoms with van der Waals surface area (Å²) in [5.74, 6) is -3.40. The fourth-order valence-electron chi connectivity index (χ4n) is 4.37. The lowest BCUT2D eigenvalue weighted by Gasteiger charge is -2.23. The maximum absolute atomic E-state index is 14.9. The summed E-state index contributed by atoms with van der Waals surface area (Å²) in [6, 6.07) is 5.28. The van der Waals surface area contributed by atoms with E-state index in [2.05, 4.69) is 0 Å². The van der Waals surface area contributed by atoms with Crippen LogP contribution in [-0.4, -0.2) is 34.8 Å². The second-order valence-corrected chi connectivity index (χ2v) is 7.77. The van der Waals surface area contributed by atoms with Crippen molar-refractivity contribution < 1.29 is 23.1 Å². The molecule has 1 aromatic heterocycles. The van der Waals surface area contributed by atoms with Gasteiger partial charge in [0.2, 0.25) is 5.43 Å². The number of carboxylic acid groups (broad SMARTS) is 1. The van der Waals surface area contributed by atoms with E-state index < -0.39 is 34.4 Å². The SMILES string of the molecule is NC1C2CN(c3cc4c(cc3F)c(=O)c(C(=O)O)cn4-c3ccc(F)cc3F)CC12. The van der Waals surface area contributed by atoms with Gasteiger partial charge in [-0.2, -0.15) is 0 Å². The second kappa shape index (κ2) is 6.33. The molecular weight excluding hydrogens is 399 g/mol. The number of hydrogen-bond acceptors (Lipinski definition) is 4. The molecule has 2 unspecified atom stereocenters. The first kappa shape index (κ1) is 18.7. The van der Waals surface area contributed by atoms with Crippen LogP contribution >= 0.6 is 0 Å². The monoisotopic (exact) mass is 415 g/mol. The Bertz CT molecular complexity index is 1280. The van der Waals surface area contributed by atoms with Crippen LogP contribution in [0.5, 0.6) is 0 Å². The molecule has 3 N–H and O–H groups in total. The van der Waals surface area contributed by atoms with Crippen molar-refractivity contribution in [3.8, 4) is 5.69 Å². The van der Waals surface area contributed by atoms with E-state index >= 15 is 0 Å². The number of carbonyl (C=O) groups is 1. The van der Waals surface area contributed by atoms with Gasteiger partial charge in [-0.3, -0.25) is 4.79 Å². The highest BCUT2D eigenvalue weighted by Gasteiger charge is 2.53. The number of nitrogens with zero attached hydrogens (tertiary/aromatic N) is 2. The van der Waals surface area contributed by atoms with Gasteiger partial charge in [0.25, 0.3) is 0 Å². The van der Waals surface area contributed by atoms with E-state index in [0.717, 1.165) is 29.0 Å². The molecule has 1 aliphatic heterocycles. The first-order valence-electron chi connectivity index (χ1n) is 9.34. The smallest absolute Gasteiger partial charge is 0.341 e. The van der Waals surface area contributed by atoms with E-state index in [4.69, 9.17) is 5.73 Å². The van der Waals surface area contributed by atoms with Crippen LogP contribution in [0, 0.1) is 29.3 Å². The molecule has 2 aliphatic rings. The van der Waals surface area contributed by atoms with Crippen LogP contribution in [0.2, 0.25) is 0 Å². The van der Waals surface area contributed by atoms with Crippen molar-refractivity contribution in [3.05, 3.63) is 69.8 Å². The maximum atomic E-state index is 14.9. The largest absolute Gasteiger partial charge is 0.477 e. The van der Waals surface area contributed by atoms with Gasteiger partial charge in [0.05, 0.1) is 16.9 Å². The zero-order valence-corrected chi connectivity index (χ0v) is 15.5. The fourth-order valence-corrected chi connectivity index (χ4v) is 4.37. The van der Waals surface area contributed by atoms with Gasteiger partial charge in [-0.25, -0.2) is 18.0 Å². The predicted molar refractivity (Wildman–Crippen MR) is 104 cm³/mol. The number of pyridine rings is 1. The summed E-state index contributed by atoms with van der Waals surface area (Å²) in [5, 5.41) is 9.18. The third kappa shape index (κ3) is 2.69. The summed E-state index contributed by atoms with van der Waals surface area (Å²) in [7, 11) is 0. The molecule has 1 saturated carbocycles. The van der Waals surface area contributed by atoms with Crippen LogP contribution in [-0.2, 0) is 0 Å². The number of carboxylic acids is 1. The van der Waals surface area contributed by atoms with Crippen molar-refractivity contribution in [2.45, 2.75) is 6.04 Å². The van der Waals surface area contributed by atoms with Crippen LogP contribution in [0.3, 0.4) is 0 Å². The molecule has 0 spiro atoms. The molecule has 2 atom stereocenters. The van der Waals surface area contributed by atoms with E-state index in [-0.39, 0.29) is 40.2 Å². The Hall–Kier alpha value is -3.33. The number of halogens is 3. The third-order valence-corrected chi connectivity index (χ3v) is 6.07. The number of fused-ring (bicyclic) bond motifs is 2. The highest BCUT2D eigenvalue weighted by molar-refractivity contribution is 5.94. The first-order chi connectivity index (χ1) is 14.3. The fraction of sp³-hybridized carbons (Fsp3) is 0.238. The number of nitrogens with two attached hydrogens (primary N) is 1. The number of rotatable bonds is 3. The van der Waals surface area contributed by atoms with Crippen molar-refractivity contribution in [1.82, 2.24) is 4.57 Å². The number of benzene rings is 2. The average molecular weight is 415 g/mol. The lowest BCUT2D eigenvalue weighted by Crippen LogP contribution is -2.29. The molecule has 3 aromatic rings. The summed E-state index contributed by atoms with van der Waals surface area (Å²) in [5.41, 5.74) is 4.60. The number of aromatic nitrogens is 1. The van der Waals surface area contributed by atoms with Crippen molar-refractivity contribution in [2.24, 2.45) is 17.6 Å². The van der Waals surface area contributed by atoms with Crippen LogP contribution in [0.15, 0.2) is 41.3 Å². The lowest BCUT2D eigenvalue weighted by atomic mass is 10.1. The summed E-state index contributed by atoms with van der Waals surface area (Å²) in [6.45, 7) is 1.13. The van der Waals surface area contributed by atoms with Crippen LogP contribution in [0.4, 0.5) is 18.9 Å². The van der Waals surface area contributed by atoms with Gasteiger partial charge >= 0.3 is 5.97 Å². The molecule has 2 fully saturated rings. The quantitative estimate of drug-likeness (QED) is 0.686. The molecule has 2 aromatic carbocycles. The normalized spacial score (nSPS) is 22.4. The van der Waals surface area contributed by atoms with Crippen LogP contribution < -0.4 is 16.1 Å². The summed E-state index contributed by atoms with van der Waals surface area (Å²) < 4.78 is 43.9. The molecule has 2 heterocycles. The van der Waals surface area contributed by atoms with Gasteiger partial charge in [-0.1, -0.05) is 0 Å². The molecule has 0 amide bonds. The van der Waals surface area contributed by atoms with Gasteiger partial charge in [0, 0.05) is 36.8 Å². The molecule has 0 radical (unpaired) electrons. The van der Waals surface area contributed by atoms with Gasteiger partial charge in [-0.15, -0.1) is 0 Å². The molecule has 154 valence electrons. The molecule has 9 heteroatoms. The molecule has 6 nitrogen and oxygen atoms in total. The first-order valence-corrected chi connectivity index (χ1v) is 9.34. The lowest BCUT2D eigenvalue weighted by molar-refractivity contribution is 0.0695. The number of piperidine rings is 1. The van der Waals surface area contributed by atoms with Gasteiger partial charge in [0.1, 0.15) is 23.0 Å². The van der Waals surface area contributed by atoms with E-state index in [1.807, 2.05) is 4.90 Å². The molecular formula is C21H16F3N3O3. The molecule has 30 heavy (non-hydrogen) atoms. The molecule has 1 aliphatic carbocycles. The Morgan fingerprint density at radius 2 is 1.70 bits per heavy atom. The highest BCUT2D eigenvalue weighted by atomic mass is 19.1. The van der Waals surface area contributed by atoms with Crippen molar-refractivity contribution in [2.75, 3.05) is 18.0 Å². The molecule has 0 bridgehead atoms. The Morgan fingerprint density at radius 1 is 1.03 bits per heavy atom. The predicted octanol–water partition coefficient (Wildman–Crippen LogP) is 2.50. The Labute approximate surface area is 167 Å².